The Labute approximate surface area is 109 Å². The van der Waals surface area contributed by atoms with Crippen LogP contribution in [-0.2, 0) is 0 Å². The highest BCUT2D eigenvalue weighted by Gasteiger charge is 2.30. The van der Waals surface area contributed by atoms with E-state index in [0.29, 0.717) is 12.0 Å². The maximum absolute atomic E-state index is 4.24. The van der Waals surface area contributed by atoms with Crippen molar-refractivity contribution in [3.63, 3.8) is 0 Å². The maximum atomic E-state index is 4.24. The van der Waals surface area contributed by atoms with Crippen LogP contribution < -0.4 is 0 Å². The van der Waals surface area contributed by atoms with Gasteiger partial charge in [0.2, 0.25) is 0 Å². The van der Waals surface area contributed by atoms with E-state index < -0.39 is 0 Å². The average Bonchev–Trinajstić information content (AvgIpc) is 2.26. The molecule has 0 fully saturated rings. The van der Waals surface area contributed by atoms with Gasteiger partial charge in [-0.25, -0.2) is 0 Å². The van der Waals surface area contributed by atoms with E-state index in [2.05, 4.69) is 72.2 Å². The molecule has 2 atom stereocenters. The summed E-state index contributed by atoms with van der Waals surface area (Å²) in [6.07, 6.45) is 6.87. The van der Waals surface area contributed by atoms with E-state index in [0.717, 1.165) is 0 Å². The zero-order valence-electron chi connectivity index (χ0n) is 12.9. The summed E-state index contributed by atoms with van der Waals surface area (Å²) in [6.45, 7) is 17.6. The van der Waals surface area contributed by atoms with E-state index in [4.69, 9.17) is 0 Å². The average molecular weight is 237 g/mol. The van der Waals surface area contributed by atoms with E-state index in [9.17, 15) is 0 Å². The molecule has 0 aliphatic heterocycles. The number of hydrogen-bond donors (Lipinski definition) is 0. The number of likely N-dealkylation sites (N-methyl/N-ethyl adjacent to an activating group) is 1. The third kappa shape index (κ3) is 4.31. The van der Waals surface area contributed by atoms with Crippen LogP contribution in [0.3, 0.4) is 0 Å². The van der Waals surface area contributed by atoms with Gasteiger partial charge >= 0.3 is 0 Å². The molecule has 0 aliphatic carbocycles. The quantitative estimate of drug-likeness (QED) is 0.582. The summed E-state index contributed by atoms with van der Waals surface area (Å²) in [7, 11) is 2.22. The van der Waals surface area contributed by atoms with Gasteiger partial charge in [-0.05, 0) is 40.2 Å². The van der Waals surface area contributed by atoms with Crippen molar-refractivity contribution in [1.29, 1.82) is 0 Å². The Morgan fingerprint density at radius 3 is 2.24 bits per heavy atom. The van der Waals surface area contributed by atoms with Gasteiger partial charge in [0.1, 0.15) is 0 Å². The van der Waals surface area contributed by atoms with Crippen molar-refractivity contribution in [2.24, 2.45) is 5.92 Å². The van der Waals surface area contributed by atoms with Crippen molar-refractivity contribution in [2.45, 2.75) is 66.0 Å². The van der Waals surface area contributed by atoms with Crippen LogP contribution >= 0.6 is 0 Å². The second kappa shape index (κ2) is 7.00. The molecule has 0 amide bonds. The Hall–Kier alpha value is -0.560. The van der Waals surface area contributed by atoms with Gasteiger partial charge in [0, 0.05) is 11.6 Å². The molecular weight excluding hydrogens is 206 g/mol. The Kier molecular flexibility index (Phi) is 6.77. The molecule has 0 aliphatic rings. The van der Waals surface area contributed by atoms with Crippen molar-refractivity contribution in [2.75, 3.05) is 7.05 Å². The Bertz CT molecular complexity index is 265. The lowest BCUT2D eigenvalue weighted by Gasteiger charge is -2.42. The maximum Gasteiger partial charge on any atom is 0.0365 e. The minimum atomic E-state index is 0.140. The highest BCUT2D eigenvalue weighted by atomic mass is 15.2. The van der Waals surface area contributed by atoms with E-state index in [1.54, 1.807) is 0 Å². The number of hydrogen-bond acceptors (Lipinski definition) is 1. The van der Waals surface area contributed by atoms with Gasteiger partial charge < -0.3 is 0 Å². The van der Waals surface area contributed by atoms with Gasteiger partial charge in [-0.3, -0.25) is 4.90 Å². The molecule has 100 valence electrons. The fourth-order valence-corrected chi connectivity index (χ4v) is 2.42. The van der Waals surface area contributed by atoms with E-state index in [-0.39, 0.29) is 5.54 Å². The molecule has 0 N–H and O–H groups in total. The first-order valence-electron chi connectivity index (χ1n) is 6.85. The minimum Gasteiger partial charge on any atom is -0.291 e. The van der Waals surface area contributed by atoms with E-state index in [1.807, 2.05) is 0 Å². The molecule has 0 saturated carbocycles. The summed E-state index contributed by atoms with van der Waals surface area (Å²) in [6, 6.07) is 0.419. The normalized spacial score (nSPS) is 17.7. The third-order valence-corrected chi connectivity index (χ3v) is 3.95. The Balaban J connectivity index is 4.95. The Morgan fingerprint density at radius 2 is 1.88 bits per heavy atom. The smallest absolute Gasteiger partial charge is 0.0365 e. The molecule has 0 saturated heterocycles. The largest absolute Gasteiger partial charge is 0.291 e. The van der Waals surface area contributed by atoms with Crippen LogP contribution in [0, 0.1) is 5.92 Å². The Morgan fingerprint density at radius 1 is 1.35 bits per heavy atom. The predicted molar refractivity (Wildman–Crippen MR) is 79.3 cm³/mol. The van der Waals surface area contributed by atoms with Crippen molar-refractivity contribution in [3.8, 4) is 0 Å². The lowest BCUT2D eigenvalue weighted by Crippen LogP contribution is -2.48. The fourth-order valence-electron chi connectivity index (χ4n) is 2.42. The van der Waals surface area contributed by atoms with Crippen molar-refractivity contribution in [3.05, 3.63) is 24.3 Å². The van der Waals surface area contributed by atoms with Gasteiger partial charge in [-0.15, -0.1) is 0 Å². The second-order valence-electron chi connectivity index (χ2n) is 5.62. The molecule has 0 heterocycles. The van der Waals surface area contributed by atoms with Gasteiger partial charge in [0.05, 0.1) is 0 Å². The van der Waals surface area contributed by atoms with Crippen LogP contribution in [0.2, 0.25) is 0 Å². The van der Waals surface area contributed by atoms with Gasteiger partial charge in [0.25, 0.3) is 0 Å². The van der Waals surface area contributed by atoms with Crippen LogP contribution in [0.1, 0.15) is 54.4 Å². The second-order valence-corrected chi connectivity index (χ2v) is 5.62. The predicted octanol–water partition coefficient (Wildman–Crippen LogP) is 4.65. The van der Waals surface area contributed by atoms with Crippen LogP contribution in [0.4, 0.5) is 0 Å². The van der Waals surface area contributed by atoms with Crippen molar-refractivity contribution < 1.29 is 0 Å². The van der Waals surface area contributed by atoms with Crippen molar-refractivity contribution in [1.82, 2.24) is 4.90 Å². The minimum absolute atomic E-state index is 0.140. The highest BCUT2D eigenvalue weighted by Crippen LogP contribution is 2.28. The first kappa shape index (κ1) is 16.4. The van der Waals surface area contributed by atoms with Crippen LogP contribution in [0.5, 0.6) is 0 Å². The topological polar surface area (TPSA) is 3.24 Å². The first-order valence-corrected chi connectivity index (χ1v) is 6.85. The molecule has 0 bridgehead atoms. The SMILES string of the molecule is C=C(C(C)C)C(C)N(C)C(C)(C=CC)CCC. The summed E-state index contributed by atoms with van der Waals surface area (Å²) in [5, 5.41) is 0. The molecular formula is C16H31N. The molecule has 0 radical (unpaired) electrons. The zero-order chi connectivity index (χ0) is 13.6. The van der Waals surface area contributed by atoms with Gasteiger partial charge in [-0.2, -0.15) is 0 Å². The fraction of sp³-hybridized carbons (Fsp3) is 0.750. The lowest BCUT2D eigenvalue weighted by atomic mass is 9.89. The lowest BCUT2D eigenvalue weighted by molar-refractivity contribution is 0.138. The molecule has 0 aromatic heterocycles. The van der Waals surface area contributed by atoms with E-state index >= 15 is 0 Å². The molecule has 0 aromatic carbocycles. The number of allylic oxidation sites excluding steroid dienone is 1. The van der Waals surface area contributed by atoms with Crippen LogP contribution in [0.15, 0.2) is 24.3 Å². The third-order valence-electron chi connectivity index (χ3n) is 3.95. The summed E-state index contributed by atoms with van der Waals surface area (Å²) in [4.78, 5) is 2.46. The molecule has 0 rings (SSSR count). The highest BCUT2D eigenvalue weighted by molar-refractivity contribution is 5.12. The summed E-state index contributed by atoms with van der Waals surface area (Å²) >= 11 is 0. The molecule has 1 heteroatoms. The molecule has 2 unspecified atom stereocenters. The molecule has 1 nitrogen and oxygen atoms in total. The number of nitrogens with zero attached hydrogens (tertiary/aromatic N) is 1. The zero-order valence-corrected chi connectivity index (χ0v) is 12.9. The van der Waals surface area contributed by atoms with Crippen molar-refractivity contribution >= 4 is 0 Å². The standard InChI is InChI=1S/C16H31N/c1-9-11-16(7,12-10-2)17(8)15(6)14(5)13(3)4/h9,11,13,15H,5,10,12H2,1-4,6-8H3. The summed E-state index contributed by atoms with van der Waals surface area (Å²) < 4.78 is 0. The molecule has 17 heavy (non-hydrogen) atoms. The summed E-state index contributed by atoms with van der Waals surface area (Å²) in [5.41, 5.74) is 1.46. The molecule has 0 aromatic rings. The summed E-state index contributed by atoms with van der Waals surface area (Å²) in [5.74, 6) is 0.545. The number of rotatable bonds is 7. The van der Waals surface area contributed by atoms with Gasteiger partial charge in [-0.1, -0.05) is 51.5 Å². The van der Waals surface area contributed by atoms with Crippen LogP contribution in [0.25, 0.3) is 0 Å². The van der Waals surface area contributed by atoms with Gasteiger partial charge in [0.15, 0.2) is 0 Å². The van der Waals surface area contributed by atoms with Crippen LogP contribution in [-0.4, -0.2) is 23.5 Å². The monoisotopic (exact) mass is 237 g/mol. The first-order chi connectivity index (χ1) is 7.80. The molecule has 0 spiro atoms. The van der Waals surface area contributed by atoms with E-state index in [1.165, 1.54) is 18.4 Å².